The molecule has 1 unspecified atom stereocenters. The van der Waals surface area contributed by atoms with E-state index >= 15 is 0 Å². The molecule has 1 atom stereocenters. The van der Waals surface area contributed by atoms with E-state index in [0.29, 0.717) is 5.41 Å². The van der Waals surface area contributed by atoms with Gasteiger partial charge in [0.15, 0.2) is 5.96 Å². The number of likely N-dealkylation sites (N-methyl/N-ethyl adjacent to an activating group) is 1. The Balaban J connectivity index is 1.73. The molecule has 3 rings (SSSR count). The molecule has 1 saturated carbocycles. The Labute approximate surface area is 158 Å². The first-order chi connectivity index (χ1) is 12.6. The fraction of sp³-hybridized carbons (Fsp3) is 0.667. The highest BCUT2D eigenvalue weighted by molar-refractivity contribution is 5.80. The summed E-state index contributed by atoms with van der Waals surface area (Å²) in [6.45, 7) is 6.11. The number of guanidine groups is 1. The Kier molecular flexibility index (Phi) is 6.07. The highest BCUT2D eigenvalue weighted by Crippen LogP contribution is 2.47. The van der Waals surface area contributed by atoms with E-state index in [0.717, 1.165) is 31.3 Å². The molecule has 0 amide bonds. The predicted octanol–water partition coefficient (Wildman–Crippen LogP) is 3.14. The molecule has 144 valence electrons. The van der Waals surface area contributed by atoms with Crippen molar-refractivity contribution in [2.75, 3.05) is 47.4 Å². The maximum absolute atomic E-state index is 5.40. The monoisotopic (exact) mass is 358 g/mol. The normalized spacial score (nSPS) is 20.3. The molecule has 1 spiro atoms. The number of hydrogen-bond donors (Lipinski definition) is 1. The third-order valence-corrected chi connectivity index (χ3v) is 6.00. The van der Waals surface area contributed by atoms with Gasteiger partial charge >= 0.3 is 0 Å². The van der Waals surface area contributed by atoms with Crippen LogP contribution >= 0.6 is 0 Å². The van der Waals surface area contributed by atoms with Crippen LogP contribution in [0.2, 0.25) is 0 Å². The number of benzene rings is 1. The van der Waals surface area contributed by atoms with Gasteiger partial charge in [0, 0.05) is 19.6 Å². The lowest BCUT2D eigenvalue weighted by molar-refractivity contribution is 0.151. The Hall–Kier alpha value is -1.75. The predicted molar refractivity (Wildman–Crippen MR) is 108 cm³/mol. The lowest BCUT2D eigenvalue weighted by Gasteiger charge is -2.38. The second kappa shape index (κ2) is 8.30. The van der Waals surface area contributed by atoms with E-state index in [9.17, 15) is 0 Å². The maximum Gasteiger partial charge on any atom is 0.194 e. The molecular weight excluding hydrogens is 324 g/mol. The standard InChI is InChI=1S/C21H34N4O/c1-5-22-20(25-13-12-21(16-25)10-7-11-21)23-15-19(24(2)3)17-8-6-9-18(14-17)26-4/h6,8-9,14,19H,5,7,10-13,15-16H2,1-4H3,(H,22,23). The molecule has 0 aromatic heterocycles. The summed E-state index contributed by atoms with van der Waals surface area (Å²) in [5.74, 6) is 1.97. The number of aliphatic imine (C=N–C) groups is 1. The molecule has 0 bridgehead atoms. The fourth-order valence-electron chi connectivity index (χ4n) is 4.22. The fourth-order valence-corrected chi connectivity index (χ4v) is 4.22. The molecular formula is C21H34N4O. The first-order valence-electron chi connectivity index (χ1n) is 9.90. The van der Waals surface area contributed by atoms with Crippen LogP contribution in [0, 0.1) is 5.41 Å². The molecule has 26 heavy (non-hydrogen) atoms. The third-order valence-electron chi connectivity index (χ3n) is 6.00. The van der Waals surface area contributed by atoms with Gasteiger partial charge in [-0.2, -0.15) is 0 Å². The molecule has 0 radical (unpaired) electrons. The topological polar surface area (TPSA) is 40.1 Å². The van der Waals surface area contributed by atoms with Crippen molar-refractivity contribution in [1.29, 1.82) is 0 Å². The van der Waals surface area contributed by atoms with Crippen LogP contribution in [0.15, 0.2) is 29.3 Å². The smallest absolute Gasteiger partial charge is 0.194 e. The summed E-state index contributed by atoms with van der Waals surface area (Å²) in [5, 5.41) is 3.51. The average Bonchev–Trinajstić information content (AvgIpc) is 3.07. The molecule has 1 N–H and O–H groups in total. The van der Waals surface area contributed by atoms with Crippen molar-refractivity contribution in [3.63, 3.8) is 0 Å². The molecule has 1 aromatic carbocycles. The van der Waals surface area contributed by atoms with Gasteiger partial charge in [-0.1, -0.05) is 18.6 Å². The van der Waals surface area contributed by atoms with Crippen molar-refractivity contribution < 1.29 is 4.74 Å². The second-order valence-electron chi connectivity index (χ2n) is 7.98. The van der Waals surface area contributed by atoms with Crippen molar-refractivity contribution in [1.82, 2.24) is 15.1 Å². The zero-order valence-corrected chi connectivity index (χ0v) is 16.8. The number of ether oxygens (including phenoxy) is 1. The average molecular weight is 359 g/mol. The van der Waals surface area contributed by atoms with E-state index in [4.69, 9.17) is 9.73 Å². The van der Waals surface area contributed by atoms with Crippen molar-refractivity contribution in [3.8, 4) is 5.75 Å². The summed E-state index contributed by atoms with van der Waals surface area (Å²) in [6.07, 6.45) is 5.52. The van der Waals surface area contributed by atoms with E-state index < -0.39 is 0 Å². The summed E-state index contributed by atoms with van der Waals surface area (Å²) < 4.78 is 5.40. The molecule has 1 saturated heterocycles. The molecule has 1 aliphatic heterocycles. The molecule has 2 aliphatic rings. The van der Waals surface area contributed by atoms with Gasteiger partial charge < -0.3 is 19.9 Å². The summed E-state index contributed by atoms with van der Waals surface area (Å²) in [4.78, 5) is 9.73. The molecule has 1 aromatic rings. The highest BCUT2D eigenvalue weighted by Gasteiger charge is 2.43. The quantitative estimate of drug-likeness (QED) is 0.626. The van der Waals surface area contributed by atoms with Gasteiger partial charge in [0.25, 0.3) is 0 Å². The van der Waals surface area contributed by atoms with E-state index in [1.165, 1.54) is 37.8 Å². The van der Waals surface area contributed by atoms with Gasteiger partial charge in [-0.3, -0.25) is 4.99 Å². The van der Waals surface area contributed by atoms with Crippen molar-refractivity contribution in [3.05, 3.63) is 29.8 Å². The van der Waals surface area contributed by atoms with E-state index in [-0.39, 0.29) is 6.04 Å². The van der Waals surface area contributed by atoms with Crippen molar-refractivity contribution in [2.24, 2.45) is 10.4 Å². The summed E-state index contributed by atoms with van der Waals surface area (Å²) in [7, 11) is 5.95. The van der Waals surface area contributed by atoms with Gasteiger partial charge in [-0.25, -0.2) is 0 Å². The van der Waals surface area contributed by atoms with Crippen LogP contribution in [0.25, 0.3) is 0 Å². The first kappa shape index (κ1) is 19.0. The minimum absolute atomic E-state index is 0.235. The van der Waals surface area contributed by atoms with E-state index in [1.807, 2.05) is 6.07 Å². The van der Waals surface area contributed by atoms with Crippen LogP contribution in [0.4, 0.5) is 0 Å². The van der Waals surface area contributed by atoms with Crippen LogP contribution < -0.4 is 10.1 Å². The SMILES string of the molecule is CCNC(=NCC(c1cccc(OC)c1)N(C)C)N1CCC2(CCC2)C1. The van der Waals surface area contributed by atoms with Crippen molar-refractivity contribution in [2.45, 2.75) is 38.6 Å². The van der Waals surface area contributed by atoms with Crippen LogP contribution in [0.5, 0.6) is 5.75 Å². The Morgan fingerprint density at radius 1 is 1.35 bits per heavy atom. The molecule has 2 fully saturated rings. The highest BCUT2D eigenvalue weighted by atomic mass is 16.5. The van der Waals surface area contributed by atoms with E-state index in [1.54, 1.807) is 7.11 Å². The minimum atomic E-state index is 0.235. The molecule has 5 nitrogen and oxygen atoms in total. The largest absolute Gasteiger partial charge is 0.497 e. The van der Waals surface area contributed by atoms with Crippen LogP contribution in [-0.2, 0) is 0 Å². The third kappa shape index (κ3) is 4.14. The van der Waals surface area contributed by atoms with Gasteiger partial charge in [-0.15, -0.1) is 0 Å². The summed E-state index contributed by atoms with van der Waals surface area (Å²) >= 11 is 0. The zero-order chi connectivity index (χ0) is 18.6. The lowest BCUT2D eigenvalue weighted by Crippen LogP contribution is -2.43. The zero-order valence-electron chi connectivity index (χ0n) is 16.8. The Morgan fingerprint density at radius 2 is 2.15 bits per heavy atom. The molecule has 5 heteroatoms. The van der Waals surface area contributed by atoms with Gasteiger partial charge in [0.05, 0.1) is 19.7 Å². The number of nitrogens with one attached hydrogen (secondary N) is 1. The maximum atomic E-state index is 5.40. The number of methoxy groups -OCH3 is 1. The van der Waals surface area contributed by atoms with E-state index in [2.05, 4.69) is 54.3 Å². The molecule has 1 aliphatic carbocycles. The Bertz CT molecular complexity index is 624. The van der Waals surface area contributed by atoms with Gasteiger partial charge in [0.2, 0.25) is 0 Å². The van der Waals surface area contributed by atoms with Crippen LogP contribution in [0.3, 0.4) is 0 Å². The number of rotatable bonds is 6. The van der Waals surface area contributed by atoms with Crippen molar-refractivity contribution >= 4 is 5.96 Å². The van der Waals surface area contributed by atoms with Crippen LogP contribution in [0.1, 0.15) is 44.2 Å². The van der Waals surface area contributed by atoms with Gasteiger partial charge in [0.1, 0.15) is 5.75 Å². The number of likely N-dealkylation sites (tertiary alicyclic amines) is 1. The summed E-state index contributed by atoms with van der Waals surface area (Å²) in [6, 6.07) is 8.56. The van der Waals surface area contributed by atoms with Gasteiger partial charge in [-0.05, 0) is 63.4 Å². The van der Waals surface area contributed by atoms with Crippen LogP contribution in [-0.4, -0.2) is 63.1 Å². The minimum Gasteiger partial charge on any atom is -0.497 e. The lowest BCUT2D eigenvalue weighted by atomic mass is 9.68. The Morgan fingerprint density at radius 3 is 2.73 bits per heavy atom. The first-order valence-corrected chi connectivity index (χ1v) is 9.90. The second-order valence-corrected chi connectivity index (χ2v) is 7.98. The summed E-state index contributed by atoms with van der Waals surface area (Å²) in [5.41, 5.74) is 1.83. The number of hydrogen-bond acceptors (Lipinski definition) is 3. The number of nitrogens with zero attached hydrogens (tertiary/aromatic N) is 3. The molecule has 1 heterocycles.